The summed E-state index contributed by atoms with van der Waals surface area (Å²) >= 11 is 0. The first kappa shape index (κ1) is 8.13. The SMILES string of the molecule is NC(=O)/C=C\CC(O)O. The van der Waals surface area contributed by atoms with Crippen molar-refractivity contribution in [1.82, 2.24) is 0 Å². The van der Waals surface area contributed by atoms with Crippen molar-refractivity contribution in [3.63, 3.8) is 0 Å². The Kier molecular flexibility index (Phi) is 3.66. The molecule has 1 amide bonds. The molecule has 0 fully saturated rings. The van der Waals surface area contributed by atoms with Gasteiger partial charge >= 0.3 is 0 Å². The molecular weight excluding hydrogens is 122 g/mol. The van der Waals surface area contributed by atoms with Crippen molar-refractivity contribution >= 4 is 5.91 Å². The normalized spacial score (nSPS) is 11.0. The molecule has 0 aromatic heterocycles. The van der Waals surface area contributed by atoms with Gasteiger partial charge in [-0.15, -0.1) is 0 Å². The Bertz CT molecular complexity index is 119. The van der Waals surface area contributed by atoms with Gasteiger partial charge in [-0.2, -0.15) is 0 Å². The molecule has 0 saturated carbocycles. The van der Waals surface area contributed by atoms with Gasteiger partial charge in [0.1, 0.15) is 0 Å². The summed E-state index contributed by atoms with van der Waals surface area (Å²) < 4.78 is 0. The highest BCUT2D eigenvalue weighted by Crippen LogP contribution is 1.86. The number of primary amides is 1. The molecule has 52 valence electrons. The molecule has 0 aromatic carbocycles. The number of aliphatic hydroxyl groups is 2. The number of carbonyl (C=O) groups is 1. The van der Waals surface area contributed by atoms with Crippen molar-refractivity contribution in [1.29, 1.82) is 0 Å². The molecule has 0 aromatic rings. The van der Waals surface area contributed by atoms with Gasteiger partial charge in [0.15, 0.2) is 6.29 Å². The van der Waals surface area contributed by atoms with Crippen molar-refractivity contribution in [2.24, 2.45) is 5.73 Å². The van der Waals surface area contributed by atoms with Gasteiger partial charge in [0.25, 0.3) is 0 Å². The molecule has 0 unspecified atom stereocenters. The summed E-state index contributed by atoms with van der Waals surface area (Å²) in [5, 5.41) is 16.4. The summed E-state index contributed by atoms with van der Waals surface area (Å²) in [6, 6.07) is 0. The highest BCUT2D eigenvalue weighted by molar-refractivity contribution is 5.85. The van der Waals surface area contributed by atoms with Crippen LogP contribution in [0, 0.1) is 0 Å². The second kappa shape index (κ2) is 4.05. The van der Waals surface area contributed by atoms with Gasteiger partial charge in [-0.25, -0.2) is 0 Å². The van der Waals surface area contributed by atoms with Crippen LogP contribution in [0.3, 0.4) is 0 Å². The standard InChI is InChI=1S/C5H9NO3/c6-4(7)2-1-3-5(8)9/h1-2,5,8-9H,3H2,(H2,6,7)/b2-1-. The summed E-state index contributed by atoms with van der Waals surface area (Å²) in [4.78, 5) is 9.95. The molecule has 0 radical (unpaired) electrons. The molecule has 0 aliphatic heterocycles. The van der Waals surface area contributed by atoms with Gasteiger partial charge in [0.2, 0.25) is 5.91 Å². The van der Waals surface area contributed by atoms with Crippen LogP contribution in [0.15, 0.2) is 12.2 Å². The molecule has 0 aliphatic rings. The summed E-state index contributed by atoms with van der Waals surface area (Å²) in [7, 11) is 0. The quantitative estimate of drug-likeness (QED) is 0.330. The van der Waals surface area contributed by atoms with E-state index in [-0.39, 0.29) is 6.42 Å². The lowest BCUT2D eigenvalue weighted by molar-refractivity contribution is -0.113. The molecule has 0 spiro atoms. The number of hydrogen-bond acceptors (Lipinski definition) is 3. The molecule has 4 heteroatoms. The van der Waals surface area contributed by atoms with E-state index < -0.39 is 12.2 Å². The van der Waals surface area contributed by atoms with Gasteiger partial charge in [0, 0.05) is 6.42 Å². The van der Waals surface area contributed by atoms with Gasteiger partial charge in [-0.05, 0) is 6.08 Å². The van der Waals surface area contributed by atoms with E-state index in [2.05, 4.69) is 5.73 Å². The first-order valence-electron chi connectivity index (χ1n) is 2.45. The lowest BCUT2D eigenvalue weighted by atomic mass is 10.3. The van der Waals surface area contributed by atoms with Gasteiger partial charge in [0.05, 0.1) is 0 Å². The summed E-state index contributed by atoms with van der Waals surface area (Å²) in [5.74, 6) is -0.587. The highest BCUT2D eigenvalue weighted by Gasteiger charge is 1.90. The Hall–Kier alpha value is -0.870. The first-order chi connectivity index (χ1) is 4.13. The zero-order chi connectivity index (χ0) is 7.28. The van der Waals surface area contributed by atoms with Crippen LogP contribution in [0.2, 0.25) is 0 Å². The van der Waals surface area contributed by atoms with Crippen LogP contribution in [0.1, 0.15) is 6.42 Å². The Morgan fingerprint density at radius 1 is 1.67 bits per heavy atom. The maximum atomic E-state index is 9.95. The Morgan fingerprint density at radius 2 is 2.22 bits per heavy atom. The van der Waals surface area contributed by atoms with Crippen molar-refractivity contribution in [3.05, 3.63) is 12.2 Å². The van der Waals surface area contributed by atoms with Crippen LogP contribution in [0.4, 0.5) is 0 Å². The fourth-order valence-electron chi connectivity index (χ4n) is 0.306. The average molecular weight is 131 g/mol. The van der Waals surface area contributed by atoms with Gasteiger partial charge in [-0.1, -0.05) is 6.08 Å². The molecular formula is C5H9NO3. The Balaban J connectivity index is 3.36. The van der Waals surface area contributed by atoms with E-state index in [1.807, 2.05) is 0 Å². The number of hydrogen-bond donors (Lipinski definition) is 3. The summed E-state index contributed by atoms with van der Waals surface area (Å²) in [5.41, 5.74) is 4.69. The van der Waals surface area contributed by atoms with Crippen molar-refractivity contribution in [3.8, 4) is 0 Å². The minimum absolute atomic E-state index is 0.0307. The molecule has 0 rings (SSSR count). The first-order valence-corrected chi connectivity index (χ1v) is 2.45. The number of nitrogens with two attached hydrogens (primary N) is 1. The van der Waals surface area contributed by atoms with E-state index in [9.17, 15) is 4.79 Å². The second-order valence-corrected chi connectivity index (χ2v) is 1.52. The van der Waals surface area contributed by atoms with Crippen LogP contribution in [-0.4, -0.2) is 22.4 Å². The fourth-order valence-corrected chi connectivity index (χ4v) is 0.306. The van der Waals surface area contributed by atoms with Crippen LogP contribution >= 0.6 is 0 Å². The van der Waals surface area contributed by atoms with E-state index in [4.69, 9.17) is 10.2 Å². The van der Waals surface area contributed by atoms with E-state index in [0.717, 1.165) is 6.08 Å². The van der Waals surface area contributed by atoms with Crippen LogP contribution in [0.25, 0.3) is 0 Å². The van der Waals surface area contributed by atoms with Crippen LogP contribution in [0.5, 0.6) is 0 Å². The third-order valence-corrected chi connectivity index (χ3v) is 0.629. The number of amides is 1. The van der Waals surface area contributed by atoms with Crippen molar-refractivity contribution in [2.75, 3.05) is 0 Å². The second-order valence-electron chi connectivity index (χ2n) is 1.52. The molecule has 0 atom stereocenters. The Morgan fingerprint density at radius 3 is 2.56 bits per heavy atom. The van der Waals surface area contributed by atoms with E-state index in [1.54, 1.807) is 0 Å². The lowest BCUT2D eigenvalue weighted by Crippen LogP contribution is -2.07. The topological polar surface area (TPSA) is 83.6 Å². The number of aliphatic hydroxyl groups excluding tert-OH is 1. The van der Waals surface area contributed by atoms with Gasteiger partial charge < -0.3 is 15.9 Å². The lowest BCUT2D eigenvalue weighted by Gasteiger charge is -1.93. The molecule has 0 heterocycles. The fraction of sp³-hybridized carbons (Fsp3) is 0.400. The minimum Gasteiger partial charge on any atom is -0.368 e. The third-order valence-electron chi connectivity index (χ3n) is 0.629. The maximum absolute atomic E-state index is 9.95. The molecule has 0 aliphatic carbocycles. The van der Waals surface area contributed by atoms with Gasteiger partial charge in [-0.3, -0.25) is 4.79 Å². The molecule has 9 heavy (non-hydrogen) atoms. The highest BCUT2D eigenvalue weighted by atomic mass is 16.5. The number of carbonyl (C=O) groups excluding carboxylic acids is 1. The molecule has 4 nitrogen and oxygen atoms in total. The zero-order valence-corrected chi connectivity index (χ0v) is 4.82. The average Bonchev–Trinajstić information content (AvgIpc) is 1.63. The third kappa shape index (κ3) is 7.13. The van der Waals surface area contributed by atoms with E-state index in [0.29, 0.717) is 0 Å². The monoisotopic (exact) mass is 131 g/mol. The Labute approximate surface area is 52.6 Å². The van der Waals surface area contributed by atoms with E-state index >= 15 is 0 Å². The largest absolute Gasteiger partial charge is 0.368 e. The molecule has 4 N–H and O–H groups in total. The molecule has 0 bridgehead atoms. The summed E-state index contributed by atoms with van der Waals surface area (Å²) in [6.45, 7) is 0. The van der Waals surface area contributed by atoms with Crippen LogP contribution < -0.4 is 5.73 Å². The van der Waals surface area contributed by atoms with Crippen molar-refractivity contribution in [2.45, 2.75) is 12.7 Å². The van der Waals surface area contributed by atoms with Crippen molar-refractivity contribution < 1.29 is 15.0 Å². The minimum atomic E-state index is -1.40. The number of rotatable bonds is 3. The predicted molar refractivity (Wildman–Crippen MR) is 31.2 cm³/mol. The maximum Gasteiger partial charge on any atom is 0.241 e. The van der Waals surface area contributed by atoms with Crippen LogP contribution in [-0.2, 0) is 4.79 Å². The predicted octanol–water partition coefficient (Wildman–Crippen LogP) is -1.27. The zero-order valence-electron chi connectivity index (χ0n) is 4.82. The van der Waals surface area contributed by atoms with E-state index in [1.165, 1.54) is 6.08 Å². The smallest absolute Gasteiger partial charge is 0.241 e. The molecule has 0 saturated heterocycles. The summed E-state index contributed by atoms with van der Waals surface area (Å²) in [6.07, 6.45) is 1.01.